The normalized spacial score (nSPS) is 12.6. The summed E-state index contributed by atoms with van der Waals surface area (Å²) >= 11 is 0. The fourth-order valence-electron chi connectivity index (χ4n) is 2.49. The Morgan fingerprint density at radius 2 is 1.81 bits per heavy atom. The Balaban J connectivity index is 2.22. The highest BCUT2D eigenvalue weighted by atomic mass is 19.1. The molecule has 0 radical (unpaired) electrons. The Kier molecular flexibility index (Phi) is 3.39. The molecule has 0 fully saturated rings. The third-order valence-electron chi connectivity index (χ3n) is 3.63. The van der Waals surface area contributed by atoms with Crippen LogP contribution in [0.5, 0.6) is 0 Å². The van der Waals surface area contributed by atoms with Gasteiger partial charge in [-0.25, -0.2) is 8.78 Å². The van der Waals surface area contributed by atoms with E-state index in [1.54, 1.807) is 13.1 Å². The first kappa shape index (κ1) is 13.6. The third-order valence-corrected chi connectivity index (χ3v) is 3.63. The van der Waals surface area contributed by atoms with Crippen LogP contribution in [0, 0.1) is 18.6 Å². The van der Waals surface area contributed by atoms with Gasteiger partial charge in [-0.05, 0) is 30.0 Å². The molecule has 1 atom stereocenters. The molecule has 1 heterocycles. The average Bonchev–Trinajstić information content (AvgIpc) is 2.50. The smallest absolute Gasteiger partial charge is 0.134 e. The summed E-state index contributed by atoms with van der Waals surface area (Å²) in [4.78, 5) is 4.24. The van der Waals surface area contributed by atoms with E-state index in [1.807, 2.05) is 30.3 Å². The van der Waals surface area contributed by atoms with Gasteiger partial charge in [0.2, 0.25) is 0 Å². The van der Waals surface area contributed by atoms with Gasteiger partial charge in [0.1, 0.15) is 11.6 Å². The number of hydrogen-bond donors (Lipinski definition) is 1. The van der Waals surface area contributed by atoms with Crippen LogP contribution >= 0.6 is 0 Å². The molecule has 21 heavy (non-hydrogen) atoms. The maximum atomic E-state index is 14.3. The maximum Gasteiger partial charge on any atom is 0.134 e. The second kappa shape index (κ2) is 5.22. The molecule has 1 aromatic heterocycles. The SMILES string of the molecule is Cc1ccc(F)c(C(N)c2nccc3ccccc23)c1F. The molecular formula is C17H14F2N2. The van der Waals surface area contributed by atoms with Crippen LogP contribution in [0.2, 0.25) is 0 Å². The van der Waals surface area contributed by atoms with Crippen LogP contribution in [-0.4, -0.2) is 4.98 Å². The molecule has 2 N–H and O–H groups in total. The van der Waals surface area contributed by atoms with Gasteiger partial charge in [-0.15, -0.1) is 0 Å². The highest BCUT2D eigenvalue weighted by molar-refractivity contribution is 5.85. The number of nitrogens with zero attached hydrogens (tertiary/aromatic N) is 1. The quantitative estimate of drug-likeness (QED) is 0.776. The highest BCUT2D eigenvalue weighted by Crippen LogP contribution is 2.29. The van der Waals surface area contributed by atoms with Crippen molar-refractivity contribution in [3.63, 3.8) is 0 Å². The van der Waals surface area contributed by atoms with Crippen LogP contribution in [0.15, 0.2) is 48.7 Å². The van der Waals surface area contributed by atoms with Crippen molar-refractivity contribution in [1.82, 2.24) is 4.98 Å². The van der Waals surface area contributed by atoms with Crippen LogP contribution < -0.4 is 5.73 Å². The number of benzene rings is 2. The standard InChI is InChI=1S/C17H14F2N2/c1-10-6-7-13(18)14(15(10)19)16(20)17-12-5-3-2-4-11(12)8-9-21-17/h2-9,16H,20H2,1H3. The molecule has 106 valence electrons. The summed E-state index contributed by atoms with van der Waals surface area (Å²) in [5.74, 6) is -1.27. The van der Waals surface area contributed by atoms with Crippen molar-refractivity contribution < 1.29 is 8.78 Å². The summed E-state index contributed by atoms with van der Waals surface area (Å²) in [5.41, 5.74) is 6.80. The van der Waals surface area contributed by atoms with Gasteiger partial charge in [-0.1, -0.05) is 30.3 Å². The van der Waals surface area contributed by atoms with Gasteiger partial charge in [-0.2, -0.15) is 0 Å². The molecule has 0 spiro atoms. The van der Waals surface area contributed by atoms with Crippen LogP contribution in [-0.2, 0) is 0 Å². The van der Waals surface area contributed by atoms with E-state index in [9.17, 15) is 8.78 Å². The molecule has 2 nitrogen and oxygen atoms in total. The summed E-state index contributed by atoms with van der Waals surface area (Å²) < 4.78 is 28.3. The lowest BCUT2D eigenvalue weighted by atomic mass is 9.97. The molecule has 2 aromatic carbocycles. The van der Waals surface area contributed by atoms with Gasteiger partial charge < -0.3 is 5.73 Å². The number of hydrogen-bond acceptors (Lipinski definition) is 2. The maximum absolute atomic E-state index is 14.3. The number of aryl methyl sites for hydroxylation is 1. The Bertz CT molecular complexity index is 810. The van der Waals surface area contributed by atoms with Crippen LogP contribution in [0.25, 0.3) is 10.8 Å². The van der Waals surface area contributed by atoms with Crippen LogP contribution in [0.3, 0.4) is 0 Å². The van der Waals surface area contributed by atoms with Gasteiger partial charge in [0.05, 0.1) is 11.7 Å². The predicted octanol–water partition coefficient (Wildman–Crippen LogP) is 3.87. The Morgan fingerprint density at radius 1 is 1.05 bits per heavy atom. The van der Waals surface area contributed by atoms with E-state index in [0.717, 1.165) is 10.8 Å². The van der Waals surface area contributed by atoms with E-state index in [0.29, 0.717) is 11.3 Å². The monoisotopic (exact) mass is 284 g/mol. The van der Waals surface area contributed by atoms with Gasteiger partial charge in [0.15, 0.2) is 0 Å². The van der Waals surface area contributed by atoms with Crippen molar-refractivity contribution in [2.45, 2.75) is 13.0 Å². The van der Waals surface area contributed by atoms with Crippen molar-refractivity contribution in [3.8, 4) is 0 Å². The van der Waals surface area contributed by atoms with Crippen molar-refractivity contribution >= 4 is 10.8 Å². The van der Waals surface area contributed by atoms with E-state index in [1.165, 1.54) is 12.1 Å². The predicted molar refractivity (Wildman–Crippen MR) is 78.9 cm³/mol. The van der Waals surface area contributed by atoms with E-state index in [-0.39, 0.29) is 5.56 Å². The Hall–Kier alpha value is -2.33. The van der Waals surface area contributed by atoms with Crippen molar-refractivity contribution in [3.05, 3.63) is 77.1 Å². The molecule has 0 aliphatic rings. The first-order valence-electron chi connectivity index (χ1n) is 6.63. The fraction of sp³-hybridized carbons (Fsp3) is 0.118. The minimum absolute atomic E-state index is 0.140. The number of rotatable bonds is 2. The van der Waals surface area contributed by atoms with Crippen LogP contribution in [0.4, 0.5) is 8.78 Å². The van der Waals surface area contributed by atoms with Gasteiger partial charge in [0.25, 0.3) is 0 Å². The largest absolute Gasteiger partial charge is 0.319 e. The number of pyridine rings is 1. The first-order chi connectivity index (χ1) is 10.1. The number of nitrogens with two attached hydrogens (primary N) is 1. The summed E-state index contributed by atoms with van der Waals surface area (Å²) in [6.45, 7) is 1.58. The lowest BCUT2D eigenvalue weighted by molar-refractivity contribution is 0.536. The third kappa shape index (κ3) is 2.28. The van der Waals surface area contributed by atoms with E-state index in [4.69, 9.17) is 5.73 Å². The number of halogens is 2. The summed E-state index contributed by atoms with van der Waals surface area (Å²) in [7, 11) is 0. The topological polar surface area (TPSA) is 38.9 Å². The molecule has 0 saturated carbocycles. The second-order valence-corrected chi connectivity index (χ2v) is 4.99. The lowest BCUT2D eigenvalue weighted by Crippen LogP contribution is -2.18. The molecule has 0 saturated heterocycles. The van der Waals surface area contributed by atoms with Crippen LogP contribution in [0.1, 0.15) is 22.9 Å². The molecule has 0 amide bonds. The van der Waals surface area contributed by atoms with E-state index in [2.05, 4.69) is 4.98 Å². The molecule has 4 heteroatoms. The summed E-state index contributed by atoms with van der Waals surface area (Å²) in [6.07, 6.45) is 1.60. The number of aromatic nitrogens is 1. The fourth-order valence-corrected chi connectivity index (χ4v) is 2.49. The molecular weight excluding hydrogens is 270 g/mol. The van der Waals surface area contributed by atoms with Gasteiger partial charge in [0, 0.05) is 17.1 Å². The van der Waals surface area contributed by atoms with Crippen molar-refractivity contribution in [1.29, 1.82) is 0 Å². The zero-order valence-corrected chi connectivity index (χ0v) is 11.5. The van der Waals surface area contributed by atoms with E-state index >= 15 is 0 Å². The molecule has 3 aromatic rings. The molecule has 1 unspecified atom stereocenters. The minimum atomic E-state index is -0.948. The Morgan fingerprint density at radius 3 is 2.62 bits per heavy atom. The highest BCUT2D eigenvalue weighted by Gasteiger charge is 2.22. The summed E-state index contributed by atoms with van der Waals surface area (Å²) in [5, 5.41) is 1.74. The zero-order chi connectivity index (χ0) is 15.0. The van der Waals surface area contributed by atoms with Crippen molar-refractivity contribution in [2.24, 2.45) is 5.73 Å². The van der Waals surface area contributed by atoms with Gasteiger partial charge in [-0.3, -0.25) is 4.98 Å². The molecule has 0 bridgehead atoms. The summed E-state index contributed by atoms with van der Waals surface area (Å²) in [6, 6.07) is 11.0. The lowest BCUT2D eigenvalue weighted by Gasteiger charge is -2.16. The second-order valence-electron chi connectivity index (χ2n) is 4.99. The minimum Gasteiger partial charge on any atom is -0.319 e. The Labute approximate surface area is 121 Å². The van der Waals surface area contributed by atoms with E-state index < -0.39 is 17.7 Å². The average molecular weight is 284 g/mol. The first-order valence-corrected chi connectivity index (χ1v) is 6.63. The van der Waals surface area contributed by atoms with Gasteiger partial charge >= 0.3 is 0 Å². The molecule has 0 aliphatic heterocycles. The molecule has 0 aliphatic carbocycles. The number of fused-ring (bicyclic) bond motifs is 1. The molecule has 3 rings (SSSR count). The van der Waals surface area contributed by atoms with Crippen molar-refractivity contribution in [2.75, 3.05) is 0 Å². The zero-order valence-electron chi connectivity index (χ0n) is 11.5.